The topological polar surface area (TPSA) is 12.5 Å². The van der Waals surface area contributed by atoms with Crippen LogP contribution >= 0.6 is 0 Å². The first-order valence-electron chi connectivity index (χ1n) is 5.45. The van der Waals surface area contributed by atoms with E-state index < -0.39 is 0 Å². The average Bonchev–Trinajstić information content (AvgIpc) is 2.19. The molecule has 1 fully saturated rings. The first-order chi connectivity index (χ1) is 7.26. The van der Waals surface area contributed by atoms with E-state index in [2.05, 4.69) is 24.6 Å². The highest BCUT2D eigenvalue weighted by molar-refractivity contribution is 4.98. The van der Waals surface area contributed by atoms with E-state index in [1.165, 1.54) is 0 Å². The average molecular weight is 207 g/mol. The van der Waals surface area contributed by atoms with Crippen molar-refractivity contribution in [3.8, 4) is 0 Å². The second kappa shape index (κ2) is 5.89. The quantitative estimate of drug-likeness (QED) is 0.620. The van der Waals surface area contributed by atoms with Crippen molar-refractivity contribution in [3.05, 3.63) is 38.0 Å². The maximum atomic E-state index is 5.90. The summed E-state index contributed by atoms with van der Waals surface area (Å²) in [7, 11) is 0. The van der Waals surface area contributed by atoms with E-state index in [1.807, 2.05) is 18.2 Å². The summed E-state index contributed by atoms with van der Waals surface area (Å²) >= 11 is 0. The van der Waals surface area contributed by atoms with Gasteiger partial charge in [-0.3, -0.25) is 4.90 Å². The molecule has 1 aliphatic heterocycles. The van der Waals surface area contributed by atoms with Crippen LogP contribution in [0.3, 0.4) is 0 Å². The first kappa shape index (κ1) is 12.2. The Morgan fingerprint density at radius 3 is 2.33 bits per heavy atom. The molecule has 0 spiro atoms. The van der Waals surface area contributed by atoms with Gasteiger partial charge in [0, 0.05) is 19.6 Å². The van der Waals surface area contributed by atoms with Crippen molar-refractivity contribution in [3.63, 3.8) is 0 Å². The van der Waals surface area contributed by atoms with Crippen LogP contribution in [-0.2, 0) is 4.74 Å². The van der Waals surface area contributed by atoms with E-state index in [-0.39, 0.29) is 5.60 Å². The van der Waals surface area contributed by atoms with Crippen molar-refractivity contribution in [2.24, 2.45) is 0 Å². The first-order valence-corrected chi connectivity index (χ1v) is 5.45. The molecule has 1 rings (SSSR count). The summed E-state index contributed by atoms with van der Waals surface area (Å²) < 4.78 is 5.90. The lowest BCUT2D eigenvalue weighted by Crippen LogP contribution is -2.51. The van der Waals surface area contributed by atoms with Gasteiger partial charge in [-0.25, -0.2) is 0 Å². The summed E-state index contributed by atoms with van der Waals surface area (Å²) in [6.45, 7) is 15.0. The Morgan fingerprint density at radius 2 is 1.80 bits per heavy atom. The number of rotatable bonds is 6. The molecule has 0 aromatic heterocycles. The van der Waals surface area contributed by atoms with Crippen molar-refractivity contribution in [1.29, 1.82) is 0 Å². The molecule has 0 atom stereocenters. The van der Waals surface area contributed by atoms with Crippen LogP contribution in [0.5, 0.6) is 0 Å². The zero-order valence-corrected chi connectivity index (χ0v) is 9.45. The van der Waals surface area contributed by atoms with E-state index in [0.717, 1.165) is 39.1 Å². The Bertz CT molecular complexity index is 225. The van der Waals surface area contributed by atoms with E-state index >= 15 is 0 Å². The van der Waals surface area contributed by atoms with Gasteiger partial charge < -0.3 is 4.74 Å². The third kappa shape index (κ3) is 3.33. The highest BCUT2D eigenvalue weighted by Gasteiger charge is 2.33. The second-order valence-electron chi connectivity index (χ2n) is 4.04. The van der Waals surface area contributed by atoms with Gasteiger partial charge in [0.25, 0.3) is 0 Å². The van der Waals surface area contributed by atoms with Gasteiger partial charge in [0.1, 0.15) is 0 Å². The molecule has 0 saturated carbocycles. The van der Waals surface area contributed by atoms with Gasteiger partial charge in [-0.1, -0.05) is 18.2 Å². The largest absolute Gasteiger partial charge is 0.372 e. The Balaban J connectivity index is 2.64. The van der Waals surface area contributed by atoms with Gasteiger partial charge in [0.15, 0.2) is 0 Å². The molecular formula is C13H21NO. The lowest BCUT2D eigenvalue weighted by molar-refractivity contribution is -0.102. The van der Waals surface area contributed by atoms with Crippen molar-refractivity contribution in [1.82, 2.24) is 4.90 Å². The van der Waals surface area contributed by atoms with E-state index in [9.17, 15) is 0 Å². The van der Waals surface area contributed by atoms with Crippen LogP contribution in [0, 0.1) is 0 Å². The van der Waals surface area contributed by atoms with E-state index in [0.29, 0.717) is 0 Å². The maximum absolute atomic E-state index is 5.90. The van der Waals surface area contributed by atoms with Gasteiger partial charge in [0.05, 0.1) is 12.2 Å². The highest BCUT2D eigenvalue weighted by Crippen LogP contribution is 2.26. The molecule has 0 N–H and O–H groups in total. The van der Waals surface area contributed by atoms with Gasteiger partial charge in [0.2, 0.25) is 0 Å². The van der Waals surface area contributed by atoms with Crippen LogP contribution < -0.4 is 0 Å². The summed E-state index contributed by atoms with van der Waals surface area (Å²) in [5.74, 6) is 0. The normalized spacial score (nSPS) is 20.8. The van der Waals surface area contributed by atoms with Gasteiger partial charge in [-0.15, -0.1) is 19.7 Å². The molecule has 1 saturated heterocycles. The van der Waals surface area contributed by atoms with Gasteiger partial charge >= 0.3 is 0 Å². The van der Waals surface area contributed by atoms with Crippen molar-refractivity contribution in [2.45, 2.75) is 18.4 Å². The molecule has 0 bridgehead atoms. The molecule has 84 valence electrons. The minimum atomic E-state index is -0.106. The molecule has 0 unspecified atom stereocenters. The van der Waals surface area contributed by atoms with Gasteiger partial charge in [-0.05, 0) is 12.8 Å². The third-order valence-electron chi connectivity index (χ3n) is 2.75. The maximum Gasteiger partial charge on any atom is 0.0877 e. The van der Waals surface area contributed by atoms with Crippen molar-refractivity contribution in [2.75, 3.05) is 26.2 Å². The molecule has 0 amide bonds. The van der Waals surface area contributed by atoms with Crippen molar-refractivity contribution >= 4 is 0 Å². The summed E-state index contributed by atoms with van der Waals surface area (Å²) in [6, 6.07) is 0. The second-order valence-corrected chi connectivity index (χ2v) is 4.04. The van der Waals surface area contributed by atoms with Crippen LogP contribution in [0.1, 0.15) is 12.8 Å². The standard InChI is InChI=1S/C13H21NO/c1-4-7-13(8-5-2)12-14(9-6-3)10-11-15-13/h4-6H,1-3,7-12H2. The fourth-order valence-corrected chi connectivity index (χ4v) is 2.12. The Hall–Kier alpha value is -0.860. The number of nitrogens with zero attached hydrogens (tertiary/aromatic N) is 1. The Labute approximate surface area is 92.9 Å². The number of hydrogen-bond donors (Lipinski definition) is 0. The molecule has 0 aromatic rings. The van der Waals surface area contributed by atoms with Crippen LogP contribution in [0.2, 0.25) is 0 Å². The van der Waals surface area contributed by atoms with E-state index in [4.69, 9.17) is 4.74 Å². The summed E-state index contributed by atoms with van der Waals surface area (Å²) in [5.41, 5.74) is -0.106. The molecule has 1 heterocycles. The lowest BCUT2D eigenvalue weighted by atomic mass is 9.93. The summed E-state index contributed by atoms with van der Waals surface area (Å²) in [5, 5.41) is 0. The third-order valence-corrected chi connectivity index (χ3v) is 2.75. The number of morpholine rings is 1. The van der Waals surface area contributed by atoms with Gasteiger partial charge in [-0.2, -0.15) is 0 Å². The predicted octanol–water partition coefficient (Wildman–Crippen LogP) is 2.40. The molecule has 15 heavy (non-hydrogen) atoms. The minimum Gasteiger partial charge on any atom is -0.372 e. The smallest absolute Gasteiger partial charge is 0.0877 e. The summed E-state index contributed by atoms with van der Waals surface area (Å²) in [6.07, 6.45) is 7.57. The predicted molar refractivity (Wildman–Crippen MR) is 64.9 cm³/mol. The molecule has 0 radical (unpaired) electrons. The molecule has 0 aliphatic carbocycles. The Kier molecular flexibility index (Phi) is 4.79. The number of ether oxygens (including phenoxy) is 1. The highest BCUT2D eigenvalue weighted by atomic mass is 16.5. The summed E-state index contributed by atoms with van der Waals surface area (Å²) in [4.78, 5) is 2.36. The minimum absolute atomic E-state index is 0.106. The SMILES string of the molecule is C=CCN1CCOC(CC=C)(CC=C)C1. The number of hydrogen-bond acceptors (Lipinski definition) is 2. The molecule has 2 nitrogen and oxygen atoms in total. The molecule has 1 aliphatic rings. The fourth-order valence-electron chi connectivity index (χ4n) is 2.12. The Morgan fingerprint density at radius 1 is 1.13 bits per heavy atom. The van der Waals surface area contributed by atoms with Crippen LogP contribution in [0.15, 0.2) is 38.0 Å². The van der Waals surface area contributed by atoms with E-state index in [1.54, 1.807) is 0 Å². The molecule has 0 aromatic carbocycles. The van der Waals surface area contributed by atoms with Crippen molar-refractivity contribution < 1.29 is 4.74 Å². The zero-order valence-electron chi connectivity index (χ0n) is 9.45. The zero-order chi connectivity index (χ0) is 11.1. The lowest BCUT2D eigenvalue weighted by Gasteiger charge is -2.41. The van der Waals surface area contributed by atoms with Crippen LogP contribution in [0.25, 0.3) is 0 Å². The molecular weight excluding hydrogens is 186 g/mol. The molecule has 2 heteroatoms. The van der Waals surface area contributed by atoms with Crippen LogP contribution in [0.4, 0.5) is 0 Å². The fraction of sp³-hybridized carbons (Fsp3) is 0.538. The monoisotopic (exact) mass is 207 g/mol. The van der Waals surface area contributed by atoms with Crippen LogP contribution in [-0.4, -0.2) is 36.7 Å².